The molecule has 0 aromatic heterocycles. The number of methoxy groups -OCH3 is 1. The number of rotatable bonds is 8. The molecule has 0 bridgehead atoms. The number of likely N-dealkylation sites (tertiary alicyclic amines) is 1. The van der Waals surface area contributed by atoms with Crippen LogP contribution >= 0.6 is 0 Å². The summed E-state index contributed by atoms with van der Waals surface area (Å²) in [4.78, 5) is 2.51. The Morgan fingerprint density at radius 1 is 1.29 bits per heavy atom. The third kappa shape index (κ3) is 5.21. The van der Waals surface area contributed by atoms with Gasteiger partial charge in [0.1, 0.15) is 11.5 Å². The Balaban J connectivity index is 1.86. The summed E-state index contributed by atoms with van der Waals surface area (Å²) in [6.45, 7) is 6.38. The van der Waals surface area contributed by atoms with Crippen LogP contribution in [0.4, 0.5) is 0 Å². The Morgan fingerprint density at radius 3 is 2.71 bits per heavy atom. The van der Waals surface area contributed by atoms with Crippen LogP contribution in [0.25, 0.3) is 0 Å². The van der Waals surface area contributed by atoms with Crippen LogP contribution in [0.2, 0.25) is 0 Å². The number of nitrogens with two attached hydrogens (primary N) is 1. The molecule has 2 rings (SSSR count). The molecule has 1 aromatic rings. The number of ether oxygens (including phenoxy) is 2. The first-order valence-corrected chi connectivity index (χ1v) is 7.96. The number of benzene rings is 1. The van der Waals surface area contributed by atoms with E-state index < -0.39 is 0 Å². The van der Waals surface area contributed by atoms with Gasteiger partial charge in [0, 0.05) is 18.7 Å². The first-order chi connectivity index (χ1) is 10.2. The standard InChI is InChI=1S/C17H28N2O2/c1-14(18)12-15-6-7-16(20-2)13-17(15)21-11-5-10-19-8-3-4-9-19/h6-7,13-14H,3-5,8-12,18H2,1-2H3. The van der Waals surface area contributed by atoms with Crippen LogP contribution in [-0.4, -0.2) is 44.3 Å². The first-order valence-electron chi connectivity index (χ1n) is 7.96. The largest absolute Gasteiger partial charge is 0.497 e. The van der Waals surface area contributed by atoms with Crippen molar-refractivity contribution in [1.82, 2.24) is 4.90 Å². The van der Waals surface area contributed by atoms with E-state index in [0.717, 1.165) is 43.1 Å². The molecule has 1 heterocycles. The number of hydrogen-bond acceptors (Lipinski definition) is 4. The zero-order valence-electron chi connectivity index (χ0n) is 13.3. The van der Waals surface area contributed by atoms with Gasteiger partial charge in [0.2, 0.25) is 0 Å². The molecule has 1 aliphatic rings. The Morgan fingerprint density at radius 2 is 2.05 bits per heavy atom. The normalized spacial score (nSPS) is 16.9. The van der Waals surface area contributed by atoms with Crippen molar-refractivity contribution < 1.29 is 9.47 Å². The molecule has 1 fully saturated rings. The van der Waals surface area contributed by atoms with E-state index in [4.69, 9.17) is 15.2 Å². The highest BCUT2D eigenvalue weighted by Crippen LogP contribution is 2.26. The van der Waals surface area contributed by atoms with Crippen molar-refractivity contribution >= 4 is 0 Å². The third-order valence-electron chi connectivity index (χ3n) is 3.89. The summed E-state index contributed by atoms with van der Waals surface area (Å²) in [5, 5.41) is 0. The molecule has 0 aliphatic carbocycles. The van der Waals surface area contributed by atoms with Gasteiger partial charge in [0.25, 0.3) is 0 Å². The molecule has 0 radical (unpaired) electrons. The first kappa shape index (κ1) is 16.1. The maximum absolute atomic E-state index is 5.98. The summed E-state index contributed by atoms with van der Waals surface area (Å²) < 4.78 is 11.3. The van der Waals surface area contributed by atoms with E-state index in [-0.39, 0.29) is 6.04 Å². The van der Waals surface area contributed by atoms with E-state index in [9.17, 15) is 0 Å². The fourth-order valence-electron chi connectivity index (χ4n) is 2.79. The van der Waals surface area contributed by atoms with E-state index in [0.29, 0.717) is 0 Å². The summed E-state index contributed by atoms with van der Waals surface area (Å²) in [6.07, 6.45) is 4.57. The average Bonchev–Trinajstić information content (AvgIpc) is 2.97. The molecule has 1 unspecified atom stereocenters. The molecule has 1 atom stereocenters. The maximum atomic E-state index is 5.98. The summed E-state index contributed by atoms with van der Waals surface area (Å²) in [5.41, 5.74) is 7.07. The SMILES string of the molecule is COc1ccc(CC(C)N)c(OCCCN2CCCC2)c1. The van der Waals surface area contributed by atoms with Gasteiger partial charge in [0.15, 0.2) is 0 Å². The van der Waals surface area contributed by atoms with Crippen LogP contribution < -0.4 is 15.2 Å². The van der Waals surface area contributed by atoms with E-state index in [2.05, 4.69) is 11.0 Å². The van der Waals surface area contributed by atoms with Crippen LogP contribution in [0.5, 0.6) is 11.5 Å². The molecule has 118 valence electrons. The van der Waals surface area contributed by atoms with Gasteiger partial charge in [-0.05, 0) is 57.3 Å². The Labute approximate surface area is 128 Å². The molecule has 1 saturated heterocycles. The van der Waals surface area contributed by atoms with Crippen molar-refractivity contribution in [2.75, 3.05) is 33.4 Å². The zero-order chi connectivity index (χ0) is 15.1. The average molecular weight is 292 g/mol. The van der Waals surface area contributed by atoms with Gasteiger partial charge in [0.05, 0.1) is 13.7 Å². The Kier molecular flexibility index (Phi) is 6.33. The van der Waals surface area contributed by atoms with Crippen LogP contribution in [0.1, 0.15) is 31.7 Å². The molecular weight excluding hydrogens is 264 g/mol. The lowest BCUT2D eigenvalue weighted by Gasteiger charge is -2.17. The minimum atomic E-state index is 0.130. The monoisotopic (exact) mass is 292 g/mol. The van der Waals surface area contributed by atoms with Gasteiger partial charge in [-0.2, -0.15) is 0 Å². The molecule has 0 spiro atoms. The highest BCUT2D eigenvalue weighted by molar-refractivity contribution is 5.41. The topological polar surface area (TPSA) is 47.7 Å². The predicted octanol–water partition coefficient (Wildman–Crippen LogP) is 2.45. The van der Waals surface area contributed by atoms with Crippen molar-refractivity contribution in [2.24, 2.45) is 5.73 Å². The Bertz CT molecular complexity index is 429. The smallest absolute Gasteiger partial charge is 0.126 e. The minimum Gasteiger partial charge on any atom is -0.497 e. The Hall–Kier alpha value is -1.26. The lowest BCUT2D eigenvalue weighted by molar-refractivity contribution is 0.260. The van der Waals surface area contributed by atoms with Gasteiger partial charge in [-0.25, -0.2) is 0 Å². The van der Waals surface area contributed by atoms with E-state index >= 15 is 0 Å². The van der Waals surface area contributed by atoms with E-state index in [1.165, 1.54) is 25.9 Å². The van der Waals surface area contributed by atoms with Crippen LogP contribution in [0.15, 0.2) is 18.2 Å². The van der Waals surface area contributed by atoms with Gasteiger partial charge < -0.3 is 20.1 Å². The molecule has 21 heavy (non-hydrogen) atoms. The second-order valence-electron chi connectivity index (χ2n) is 5.91. The van der Waals surface area contributed by atoms with Crippen molar-refractivity contribution in [3.05, 3.63) is 23.8 Å². The van der Waals surface area contributed by atoms with Crippen LogP contribution in [0, 0.1) is 0 Å². The molecular formula is C17H28N2O2. The summed E-state index contributed by atoms with van der Waals surface area (Å²) in [6, 6.07) is 6.12. The second-order valence-corrected chi connectivity index (χ2v) is 5.91. The van der Waals surface area contributed by atoms with Crippen molar-refractivity contribution in [3.63, 3.8) is 0 Å². The highest BCUT2D eigenvalue weighted by Gasteiger charge is 2.11. The highest BCUT2D eigenvalue weighted by atomic mass is 16.5. The molecule has 1 aromatic carbocycles. The van der Waals surface area contributed by atoms with Gasteiger partial charge in [-0.3, -0.25) is 0 Å². The summed E-state index contributed by atoms with van der Waals surface area (Å²) >= 11 is 0. The molecule has 2 N–H and O–H groups in total. The summed E-state index contributed by atoms with van der Waals surface area (Å²) in [7, 11) is 1.68. The van der Waals surface area contributed by atoms with Gasteiger partial charge in [-0.15, -0.1) is 0 Å². The fourth-order valence-corrected chi connectivity index (χ4v) is 2.79. The summed E-state index contributed by atoms with van der Waals surface area (Å²) in [5.74, 6) is 1.74. The molecule has 4 nitrogen and oxygen atoms in total. The molecule has 0 amide bonds. The fraction of sp³-hybridized carbons (Fsp3) is 0.647. The lowest BCUT2D eigenvalue weighted by atomic mass is 10.1. The van der Waals surface area contributed by atoms with Gasteiger partial charge in [-0.1, -0.05) is 6.07 Å². The van der Waals surface area contributed by atoms with Crippen molar-refractivity contribution in [2.45, 2.75) is 38.6 Å². The van der Waals surface area contributed by atoms with Crippen LogP contribution in [-0.2, 0) is 6.42 Å². The second kappa shape index (κ2) is 8.25. The molecule has 4 heteroatoms. The number of nitrogens with zero attached hydrogens (tertiary/aromatic N) is 1. The molecule has 0 saturated carbocycles. The molecule has 1 aliphatic heterocycles. The van der Waals surface area contributed by atoms with Gasteiger partial charge >= 0.3 is 0 Å². The third-order valence-corrected chi connectivity index (χ3v) is 3.89. The lowest BCUT2D eigenvalue weighted by Crippen LogP contribution is -2.22. The van der Waals surface area contributed by atoms with E-state index in [1.807, 2.05) is 19.1 Å². The minimum absolute atomic E-state index is 0.130. The van der Waals surface area contributed by atoms with Crippen molar-refractivity contribution in [3.8, 4) is 11.5 Å². The predicted molar refractivity (Wildman–Crippen MR) is 86.1 cm³/mol. The van der Waals surface area contributed by atoms with Crippen molar-refractivity contribution in [1.29, 1.82) is 0 Å². The number of hydrogen-bond donors (Lipinski definition) is 1. The zero-order valence-corrected chi connectivity index (χ0v) is 13.3. The quantitative estimate of drug-likeness (QED) is 0.748. The van der Waals surface area contributed by atoms with Crippen LogP contribution in [0.3, 0.4) is 0 Å². The maximum Gasteiger partial charge on any atom is 0.126 e. The van der Waals surface area contributed by atoms with E-state index in [1.54, 1.807) is 7.11 Å².